The number of benzene rings is 3. The van der Waals surface area contributed by atoms with Crippen molar-refractivity contribution < 1.29 is 9.53 Å². The van der Waals surface area contributed by atoms with Gasteiger partial charge in [-0.25, -0.2) is 14.8 Å². The van der Waals surface area contributed by atoms with Crippen LogP contribution in [0.25, 0.3) is 17.0 Å². The van der Waals surface area contributed by atoms with E-state index in [2.05, 4.69) is 4.99 Å². The first-order chi connectivity index (χ1) is 15.2. The van der Waals surface area contributed by atoms with Crippen LogP contribution in [-0.4, -0.2) is 16.9 Å². The van der Waals surface area contributed by atoms with Crippen molar-refractivity contribution in [3.8, 4) is 0 Å². The summed E-state index contributed by atoms with van der Waals surface area (Å²) in [6.07, 6.45) is 1.73. The zero-order valence-electron chi connectivity index (χ0n) is 16.2. The molecule has 1 aromatic heterocycles. The van der Waals surface area contributed by atoms with Crippen LogP contribution in [0.2, 0.25) is 5.02 Å². The quantitative estimate of drug-likeness (QED) is 0.271. The third kappa shape index (κ3) is 4.24. The Labute approximate surface area is 188 Å². The Kier molecular flexibility index (Phi) is 5.28. The van der Waals surface area contributed by atoms with Crippen molar-refractivity contribution in [3.63, 3.8) is 0 Å². The lowest BCUT2D eigenvalue weighted by atomic mass is 10.1. The number of carbonyl (C=O) groups is 1. The second-order valence-electron chi connectivity index (χ2n) is 6.83. The fourth-order valence-corrected chi connectivity index (χ4v) is 4.18. The number of pyridine rings is 1. The SMILES string of the molecule is O=C1OC(c2ccccc2)=N/C1=C/c1cc2ccccc2nc1Sc1ccc(Cl)cc1. The van der Waals surface area contributed by atoms with E-state index >= 15 is 0 Å². The summed E-state index contributed by atoms with van der Waals surface area (Å²) < 4.78 is 5.39. The molecule has 0 saturated heterocycles. The van der Waals surface area contributed by atoms with Crippen LogP contribution in [0.5, 0.6) is 0 Å². The molecule has 0 fully saturated rings. The highest BCUT2D eigenvalue weighted by molar-refractivity contribution is 7.99. The maximum atomic E-state index is 12.5. The van der Waals surface area contributed by atoms with Gasteiger partial charge in [0.2, 0.25) is 5.90 Å². The first-order valence-electron chi connectivity index (χ1n) is 9.57. The number of nitrogens with zero attached hydrogens (tertiary/aromatic N) is 2. The summed E-state index contributed by atoms with van der Waals surface area (Å²) in [5, 5.41) is 2.42. The fraction of sp³-hybridized carbons (Fsp3) is 0. The molecular weight excluding hydrogens is 428 g/mol. The molecule has 0 aliphatic carbocycles. The van der Waals surface area contributed by atoms with E-state index in [0.29, 0.717) is 10.9 Å². The molecule has 1 aliphatic heterocycles. The number of halogens is 1. The molecule has 0 N–H and O–H groups in total. The highest BCUT2D eigenvalue weighted by Crippen LogP contribution is 2.33. The first kappa shape index (κ1) is 19.5. The molecule has 0 unspecified atom stereocenters. The molecule has 5 rings (SSSR count). The van der Waals surface area contributed by atoms with Crippen LogP contribution in [-0.2, 0) is 9.53 Å². The minimum Gasteiger partial charge on any atom is -0.402 e. The lowest BCUT2D eigenvalue weighted by Gasteiger charge is -2.08. The topological polar surface area (TPSA) is 51.5 Å². The van der Waals surface area contributed by atoms with Crippen LogP contribution < -0.4 is 0 Å². The maximum absolute atomic E-state index is 12.5. The molecule has 3 aromatic carbocycles. The lowest BCUT2D eigenvalue weighted by molar-refractivity contribution is -0.129. The van der Waals surface area contributed by atoms with Crippen LogP contribution in [0.15, 0.2) is 106 Å². The summed E-state index contributed by atoms with van der Waals surface area (Å²) in [6, 6.07) is 26.8. The van der Waals surface area contributed by atoms with Gasteiger partial charge in [-0.15, -0.1) is 0 Å². The zero-order chi connectivity index (χ0) is 21.2. The molecule has 6 heteroatoms. The monoisotopic (exact) mass is 442 g/mol. The number of fused-ring (bicyclic) bond motifs is 1. The number of rotatable bonds is 4. The molecule has 0 spiro atoms. The van der Waals surface area contributed by atoms with Crippen LogP contribution >= 0.6 is 23.4 Å². The first-order valence-corrected chi connectivity index (χ1v) is 10.8. The molecule has 150 valence electrons. The van der Waals surface area contributed by atoms with E-state index in [-0.39, 0.29) is 5.70 Å². The fourth-order valence-electron chi connectivity index (χ4n) is 3.17. The Morgan fingerprint density at radius 3 is 2.45 bits per heavy atom. The highest BCUT2D eigenvalue weighted by Gasteiger charge is 2.24. The number of hydrogen-bond acceptors (Lipinski definition) is 5. The Morgan fingerprint density at radius 1 is 0.903 bits per heavy atom. The van der Waals surface area contributed by atoms with E-state index in [9.17, 15) is 4.79 Å². The van der Waals surface area contributed by atoms with Gasteiger partial charge in [0.1, 0.15) is 5.03 Å². The van der Waals surface area contributed by atoms with Crippen LogP contribution in [0, 0.1) is 0 Å². The Morgan fingerprint density at radius 2 is 1.65 bits per heavy atom. The van der Waals surface area contributed by atoms with E-state index in [1.54, 1.807) is 6.08 Å². The van der Waals surface area contributed by atoms with Crippen molar-refractivity contribution >= 4 is 52.2 Å². The third-order valence-corrected chi connectivity index (χ3v) is 5.96. The van der Waals surface area contributed by atoms with Crippen molar-refractivity contribution in [3.05, 3.63) is 107 Å². The molecule has 2 heterocycles. The summed E-state index contributed by atoms with van der Waals surface area (Å²) in [7, 11) is 0. The van der Waals surface area contributed by atoms with Gasteiger partial charge in [0.15, 0.2) is 5.70 Å². The second kappa shape index (κ2) is 8.38. The second-order valence-corrected chi connectivity index (χ2v) is 8.33. The van der Waals surface area contributed by atoms with Crippen molar-refractivity contribution in [2.24, 2.45) is 4.99 Å². The Bertz CT molecular complexity index is 1350. The molecule has 0 bridgehead atoms. The smallest absolute Gasteiger partial charge is 0.363 e. The standard InChI is InChI=1S/C25H15ClN2O2S/c26-19-10-12-20(13-11-19)31-24-18(14-17-8-4-5-9-21(17)28-24)15-22-25(29)30-23(27-22)16-6-2-1-3-7-16/h1-15H/b22-15+. The molecule has 0 amide bonds. The molecule has 4 aromatic rings. The van der Waals surface area contributed by atoms with Gasteiger partial charge in [0.25, 0.3) is 0 Å². The number of aromatic nitrogens is 1. The molecule has 31 heavy (non-hydrogen) atoms. The highest BCUT2D eigenvalue weighted by atomic mass is 35.5. The molecule has 4 nitrogen and oxygen atoms in total. The Balaban J connectivity index is 1.58. The minimum absolute atomic E-state index is 0.244. The van der Waals surface area contributed by atoms with E-state index < -0.39 is 5.97 Å². The Hall–Kier alpha value is -3.41. The zero-order valence-corrected chi connectivity index (χ0v) is 17.7. The summed E-state index contributed by atoms with van der Waals surface area (Å²) in [5.74, 6) is -0.174. The number of esters is 1. The van der Waals surface area contributed by atoms with E-state index in [1.165, 1.54) is 11.8 Å². The van der Waals surface area contributed by atoms with Gasteiger partial charge in [-0.2, -0.15) is 0 Å². The summed E-state index contributed by atoms with van der Waals surface area (Å²) in [6.45, 7) is 0. The average Bonchev–Trinajstić information content (AvgIpc) is 3.16. The summed E-state index contributed by atoms with van der Waals surface area (Å²) in [5.41, 5.74) is 2.67. The normalized spacial score (nSPS) is 14.7. The van der Waals surface area contributed by atoms with Crippen LogP contribution in [0.4, 0.5) is 0 Å². The molecule has 0 atom stereocenters. The molecule has 0 radical (unpaired) electrons. The van der Waals surface area contributed by atoms with Crippen molar-refractivity contribution in [1.82, 2.24) is 4.98 Å². The number of aliphatic imine (C=N–C) groups is 1. The van der Waals surface area contributed by atoms with Crippen molar-refractivity contribution in [2.75, 3.05) is 0 Å². The van der Waals surface area contributed by atoms with E-state index in [4.69, 9.17) is 21.3 Å². The molecule has 1 aliphatic rings. The number of carbonyl (C=O) groups excluding carboxylic acids is 1. The van der Waals surface area contributed by atoms with E-state index in [1.807, 2.05) is 84.9 Å². The van der Waals surface area contributed by atoms with Gasteiger partial charge in [-0.3, -0.25) is 0 Å². The van der Waals surface area contributed by atoms with Gasteiger partial charge in [-0.05, 0) is 54.6 Å². The lowest BCUT2D eigenvalue weighted by Crippen LogP contribution is -2.05. The average molecular weight is 443 g/mol. The predicted molar refractivity (Wildman–Crippen MR) is 124 cm³/mol. The van der Waals surface area contributed by atoms with Gasteiger partial charge in [0.05, 0.1) is 5.52 Å². The summed E-state index contributed by atoms with van der Waals surface area (Å²) in [4.78, 5) is 22.7. The molecule has 0 saturated carbocycles. The molecular formula is C25H15ClN2O2S. The van der Waals surface area contributed by atoms with Crippen LogP contribution in [0.3, 0.4) is 0 Å². The van der Waals surface area contributed by atoms with Gasteiger partial charge in [-0.1, -0.05) is 59.8 Å². The van der Waals surface area contributed by atoms with Gasteiger partial charge in [0, 0.05) is 26.4 Å². The summed E-state index contributed by atoms with van der Waals surface area (Å²) >= 11 is 7.52. The largest absolute Gasteiger partial charge is 0.402 e. The number of hydrogen-bond donors (Lipinski definition) is 0. The number of para-hydroxylation sites is 1. The predicted octanol–water partition coefficient (Wildman–Crippen LogP) is 6.38. The van der Waals surface area contributed by atoms with Gasteiger partial charge < -0.3 is 4.74 Å². The number of ether oxygens (including phenoxy) is 1. The number of cyclic esters (lactones) is 1. The van der Waals surface area contributed by atoms with Crippen molar-refractivity contribution in [2.45, 2.75) is 9.92 Å². The minimum atomic E-state index is -0.477. The van der Waals surface area contributed by atoms with Crippen LogP contribution in [0.1, 0.15) is 11.1 Å². The maximum Gasteiger partial charge on any atom is 0.363 e. The third-order valence-electron chi connectivity index (χ3n) is 4.68. The van der Waals surface area contributed by atoms with Gasteiger partial charge >= 0.3 is 5.97 Å². The van der Waals surface area contributed by atoms with Crippen molar-refractivity contribution in [1.29, 1.82) is 0 Å². The van der Waals surface area contributed by atoms with E-state index in [0.717, 1.165) is 32.0 Å².